The SMILES string of the molecule is CCCCN1CC=C[C@]23O[C@@]4(CC)C=CCN(c5ccc(OCC)cc5)C(=O)[C@H]4[C@H]2C(=O)N(CCCCCCO)C3C1=O. The Morgan fingerprint density at radius 1 is 0.860 bits per heavy atom. The fraction of sp³-hybridized carbons (Fsp3) is 0.618. The Hall–Kier alpha value is -3.17. The number of likely N-dealkylation sites (tertiary alicyclic amines) is 1. The van der Waals surface area contributed by atoms with Crippen LogP contribution in [0.1, 0.15) is 65.7 Å². The van der Waals surface area contributed by atoms with E-state index in [0.717, 1.165) is 37.1 Å². The van der Waals surface area contributed by atoms with Crippen molar-refractivity contribution < 1.29 is 29.0 Å². The van der Waals surface area contributed by atoms with Crippen LogP contribution >= 0.6 is 0 Å². The maximum absolute atomic E-state index is 14.6. The molecule has 0 bridgehead atoms. The second kappa shape index (κ2) is 13.2. The summed E-state index contributed by atoms with van der Waals surface area (Å²) in [5, 5.41) is 9.21. The molecule has 1 aromatic rings. The van der Waals surface area contributed by atoms with E-state index < -0.39 is 29.1 Å². The highest BCUT2D eigenvalue weighted by atomic mass is 16.5. The van der Waals surface area contributed by atoms with Crippen molar-refractivity contribution in [3.63, 3.8) is 0 Å². The van der Waals surface area contributed by atoms with E-state index in [1.807, 2.05) is 67.3 Å². The number of aliphatic hydroxyl groups excluding tert-OH is 1. The lowest BCUT2D eigenvalue weighted by Gasteiger charge is -2.38. The number of aliphatic hydroxyl groups is 1. The van der Waals surface area contributed by atoms with E-state index >= 15 is 0 Å². The average molecular weight is 594 g/mol. The zero-order valence-corrected chi connectivity index (χ0v) is 25.9. The van der Waals surface area contributed by atoms with E-state index in [1.54, 1.807) is 9.80 Å². The lowest BCUT2D eigenvalue weighted by atomic mass is 9.73. The number of carbonyl (C=O) groups excluding carboxylic acids is 3. The first-order valence-electron chi connectivity index (χ1n) is 16.2. The molecule has 0 aromatic heterocycles. The van der Waals surface area contributed by atoms with Crippen molar-refractivity contribution >= 4 is 23.4 Å². The molecule has 5 atom stereocenters. The molecule has 4 heterocycles. The van der Waals surface area contributed by atoms with Crippen molar-refractivity contribution in [3.05, 3.63) is 48.6 Å². The number of hydrogen-bond acceptors (Lipinski definition) is 6. The van der Waals surface area contributed by atoms with Gasteiger partial charge in [-0.2, -0.15) is 0 Å². The van der Waals surface area contributed by atoms with Gasteiger partial charge in [0.15, 0.2) is 0 Å². The van der Waals surface area contributed by atoms with Crippen molar-refractivity contribution in [1.82, 2.24) is 9.80 Å². The van der Waals surface area contributed by atoms with Gasteiger partial charge in [0.05, 0.1) is 24.0 Å². The van der Waals surface area contributed by atoms with Gasteiger partial charge in [0.1, 0.15) is 17.4 Å². The quantitative estimate of drug-likeness (QED) is 0.273. The molecule has 3 amide bonds. The zero-order chi connectivity index (χ0) is 30.6. The van der Waals surface area contributed by atoms with Crippen molar-refractivity contribution in [1.29, 1.82) is 0 Å². The number of unbranched alkanes of at least 4 members (excludes halogenated alkanes) is 4. The minimum Gasteiger partial charge on any atom is -0.494 e. The monoisotopic (exact) mass is 593 g/mol. The Labute approximate surface area is 255 Å². The summed E-state index contributed by atoms with van der Waals surface area (Å²) in [4.78, 5) is 48.8. The number of anilines is 1. The molecule has 2 fully saturated rings. The summed E-state index contributed by atoms with van der Waals surface area (Å²) in [5.41, 5.74) is -1.51. The van der Waals surface area contributed by atoms with Crippen LogP contribution in [0, 0.1) is 11.8 Å². The molecule has 43 heavy (non-hydrogen) atoms. The third-order valence-electron chi connectivity index (χ3n) is 9.57. The largest absolute Gasteiger partial charge is 0.494 e. The van der Waals surface area contributed by atoms with Gasteiger partial charge in [-0.3, -0.25) is 14.4 Å². The van der Waals surface area contributed by atoms with Crippen LogP contribution in [0.5, 0.6) is 5.75 Å². The van der Waals surface area contributed by atoms with Crippen molar-refractivity contribution in [2.24, 2.45) is 11.8 Å². The third kappa shape index (κ3) is 5.50. The maximum Gasteiger partial charge on any atom is 0.249 e. The molecular weight excluding hydrogens is 546 g/mol. The van der Waals surface area contributed by atoms with Gasteiger partial charge >= 0.3 is 0 Å². The molecule has 5 rings (SSSR count). The second-order valence-electron chi connectivity index (χ2n) is 12.1. The van der Waals surface area contributed by atoms with Crippen molar-refractivity contribution in [3.8, 4) is 5.75 Å². The molecular formula is C34H47N3O6. The van der Waals surface area contributed by atoms with Gasteiger partial charge in [-0.15, -0.1) is 0 Å². The topological polar surface area (TPSA) is 99.6 Å². The minimum atomic E-state index is -1.23. The first-order chi connectivity index (χ1) is 20.9. The molecule has 234 valence electrons. The number of ether oxygens (including phenoxy) is 2. The van der Waals surface area contributed by atoms with Crippen LogP contribution < -0.4 is 9.64 Å². The Morgan fingerprint density at radius 3 is 2.30 bits per heavy atom. The number of nitrogens with zero attached hydrogens (tertiary/aromatic N) is 3. The molecule has 0 radical (unpaired) electrons. The van der Waals surface area contributed by atoms with Gasteiger partial charge in [0.2, 0.25) is 17.7 Å². The van der Waals surface area contributed by atoms with Gasteiger partial charge in [0, 0.05) is 38.5 Å². The molecule has 1 unspecified atom stereocenters. The van der Waals surface area contributed by atoms with E-state index in [2.05, 4.69) is 6.92 Å². The highest BCUT2D eigenvalue weighted by molar-refractivity contribution is 6.04. The number of amides is 3. The average Bonchev–Trinajstić information content (AvgIpc) is 3.30. The van der Waals surface area contributed by atoms with E-state index in [-0.39, 0.29) is 24.3 Å². The summed E-state index contributed by atoms with van der Waals surface area (Å²) < 4.78 is 12.7. The molecule has 1 aromatic carbocycles. The predicted molar refractivity (Wildman–Crippen MR) is 165 cm³/mol. The van der Waals surface area contributed by atoms with Crippen LogP contribution in [0.4, 0.5) is 5.69 Å². The number of rotatable bonds is 13. The van der Waals surface area contributed by atoms with Gasteiger partial charge in [-0.05, 0) is 56.9 Å². The fourth-order valence-electron chi connectivity index (χ4n) is 7.47. The summed E-state index contributed by atoms with van der Waals surface area (Å²) in [5.74, 6) is -1.32. The molecule has 4 aliphatic rings. The van der Waals surface area contributed by atoms with Gasteiger partial charge in [-0.25, -0.2) is 0 Å². The Balaban J connectivity index is 1.54. The molecule has 0 saturated carbocycles. The number of benzene rings is 1. The predicted octanol–water partition coefficient (Wildman–Crippen LogP) is 4.10. The van der Waals surface area contributed by atoms with Crippen LogP contribution in [-0.4, -0.2) is 89.3 Å². The molecule has 4 aliphatic heterocycles. The molecule has 9 heteroatoms. The number of hydrogen-bond donors (Lipinski definition) is 1. The van der Waals surface area contributed by atoms with Crippen LogP contribution in [0.25, 0.3) is 0 Å². The Morgan fingerprint density at radius 2 is 1.60 bits per heavy atom. The van der Waals surface area contributed by atoms with Crippen LogP contribution in [-0.2, 0) is 19.1 Å². The van der Waals surface area contributed by atoms with Crippen molar-refractivity contribution in [2.75, 3.05) is 44.3 Å². The van der Waals surface area contributed by atoms with E-state index in [9.17, 15) is 19.5 Å². The third-order valence-corrected chi connectivity index (χ3v) is 9.57. The fourth-order valence-corrected chi connectivity index (χ4v) is 7.47. The second-order valence-corrected chi connectivity index (χ2v) is 12.1. The molecule has 1 spiro atoms. The van der Waals surface area contributed by atoms with Gasteiger partial charge in [0.25, 0.3) is 0 Å². The summed E-state index contributed by atoms with van der Waals surface area (Å²) in [7, 11) is 0. The summed E-state index contributed by atoms with van der Waals surface area (Å²) in [6, 6.07) is 6.63. The van der Waals surface area contributed by atoms with Gasteiger partial charge < -0.3 is 29.3 Å². The smallest absolute Gasteiger partial charge is 0.249 e. The van der Waals surface area contributed by atoms with E-state index in [1.165, 1.54) is 0 Å². The lowest BCUT2D eigenvalue weighted by molar-refractivity contribution is -0.152. The highest BCUT2D eigenvalue weighted by Gasteiger charge is 2.75. The number of fused-ring (bicyclic) bond motifs is 2. The molecule has 1 N–H and O–H groups in total. The zero-order valence-electron chi connectivity index (χ0n) is 25.9. The summed E-state index contributed by atoms with van der Waals surface area (Å²) in [6.45, 7) is 8.55. The highest BCUT2D eigenvalue weighted by Crippen LogP contribution is 2.58. The van der Waals surface area contributed by atoms with E-state index in [0.29, 0.717) is 52.0 Å². The van der Waals surface area contributed by atoms with Crippen LogP contribution in [0.3, 0.4) is 0 Å². The van der Waals surface area contributed by atoms with Crippen LogP contribution in [0.2, 0.25) is 0 Å². The van der Waals surface area contributed by atoms with Gasteiger partial charge in [-0.1, -0.05) is 57.4 Å². The number of carbonyl (C=O) groups is 3. The maximum atomic E-state index is 14.6. The molecule has 0 aliphatic carbocycles. The normalized spacial score (nSPS) is 29.9. The Bertz CT molecular complexity index is 1230. The molecule has 2 saturated heterocycles. The first-order valence-corrected chi connectivity index (χ1v) is 16.2. The lowest BCUT2D eigenvalue weighted by Crippen LogP contribution is -2.56. The molecule has 9 nitrogen and oxygen atoms in total. The summed E-state index contributed by atoms with van der Waals surface area (Å²) >= 11 is 0. The minimum absolute atomic E-state index is 0.104. The van der Waals surface area contributed by atoms with E-state index in [4.69, 9.17) is 9.47 Å². The Kier molecular flexibility index (Phi) is 9.61. The van der Waals surface area contributed by atoms with Crippen molar-refractivity contribution in [2.45, 2.75) is 83.0 Å². The first kappa shape index (κ1) is 31.3. The standard InChI is InChI=1S/C34H47N3O6/c1-4-7-20-35-21-13-19-34-28(31(40)37(29(34)32(35)41)22-10-8-9-11-24-38)27-30(39)36(23-12-18-33(27,5-2)43-34)25-14-16-26(17-15-25)42-6-3/h12-19,27-29,38H,4-11,20-24H2,1-3H3/t27-,28+,29?,33+,34+/m1/s1. The summed E-state index contributed by atoms with van der Waals surface area (Å²) in [6.07, 6.45) is 13.3. The van der Waals surface area contributed by atoms with Crippen LogP contribution in [0.15, 0.2) is 48.6 Å².